The molecule has 0 bridgehead atoms. The molecule has 3 atom stereocenters. The molecule has 2 aromatic heterocycles. The van der Waals surface area contributed by atoms with Crippen molar-refractivity contribution in [1.29, 1.82) is 0 Å². The lowest BCUT2D eigenvalue weighted by Gasteiger charge is -2.37. The van der Waals surface area contributed by atoms with E-state index in [1.54, 1.807) is 34.8 Å². The molecular formula is C33H34F2N6O4. The Morgan fingerprint density at radius 2 is 1.76 bits per heavy atom. The summed E-state index contributed by atoms with van der Waals surface area (Å²) < 4.78 is 42.9. The van der Waals surface area contributed by atoms with Crippen molar-refractivity contribution in [2.45, 2.75) is 25.6 Å². The molecule has 2 saturated heterocycles. The molecule has 2 fully saturated rings. The Labute approximate surface area is 259 Å². The second kappa shape index (κ2) is 11.7. The average Bonchev–Trinajstić information content (AvgIpc) is 3.74. The molecule has 5 heterocycles. The molecular weight excluding hydrogens is 582 g/mol. The minimum atomic E-state index is -1.30. The van der Waals surface area contributed by atoms with Crippen LogP contribution in [0.15, 0.2) is 54.6 Å². The number of nitrogens with zero attached hydrogens (tertiary/aromatic N) is 6. The zero-order valence-electron chi connectivity index (χ0n) is 25.2. The highest BCUT2D eigenvalue weighted by molar-refractivity contribution is 5.94. The first kappa shape index (κ1) is 29.1. The summed E-state index contributed by atoms with van der Waals surface area (Å²) in [5.74, 6) is -0.717. The summed E-state index contributed by atoms with van der Waals surface area (Å²) in [4.78, 5) is 36.1. The number of halogens is 2. The fourth-order valence-corrected chi connectivity index (χ4v) is 6.66. The number of esters is 1. The maximum absolute atomic E-state index is 15.6. The van der Waals surface area contributed by atoms with Crippen LogP contribution in [0.2, 0.25) is 0 Å². The van der Waals surface area contributed by atoms with Gasteiger partial charge in [-0.3, -0.25) is 9.59 Å². The van der Waals surface area contributed by atoms with Crippen molar-refractivity contribution in [2.75, 3.05) is 62.8 Å². The smallest absolute Gasteiger partial charge is 0.310 e. The van der Waals surface area contributed by atoms with Crippen LogP contribution >= 0.6 is 0 Å². The van der Waals surface area contributed by atoms with Gasteiger partial charge in [-0.15, -0.1) is 0 Å². The lowest BCUT2D eigenvalue weighted by atomic mass is 9.92. The van der Waals surface area contributed by atoms with Gasteiger partial charge >= 0.3 is 5.97 Å². The number of rotatable bonds is 5. The van der Waals surface area contributed by atoms with Crippen LogP contribution in [-0.4, -0.2) is 84.4 Å². The Morgan fingerprint density at radius 3 is 2.51 bits per heavy atom. The number of fused-ring (bicyclic) bond motifs is 2. The molecule has 12 heteroatoms. The molecule has 0 N–H and O–H groups in total. The van der Waals surface area contributed by atoms with Gasteiger partial charge in [0.05, 0.1) is 44.5 Å². The summed E-state index contributed by atoms with van der Waals surface area (Å²) in [7, 11) is 1.37. The second-order valence-corrected chi connectivity index (χ2v) is 11.7. The highest BCUT2D eigenvalue weighted by Gasteiger charge is 2.35. The number of hydrogen-bond donors (Lipinski definition) is 0. The van der Waals surface area contributed by atoms with Gasteiger partial charge in [-0.05, 0) is 42.7 Å². The molecule has 7 rings (SSSR count). The predicted molar refractivity (Wildman–Crippen MR) is 163 cm³/mol. The Morgan fingerprint density at radius 1 is 0.978 bits per heavy atom. The zero-order chi connectivity index (χ0) is 31.2. The van der Waals surface area contributed by atoms with Crippen LogP contribution in [0.4, 0.5) is 20.3 Å². The molecule has 10 nitrogen and oxygen atoms in total. The number of anilines is 2. The Hall–Kier alpha value is -4.58. The van der Waals surface area contributed by atoms with Gasteiger partial charge in [-0.1, -0.05) is 24.3 Å². The van der Waals surface area contributed by atoms with Gasteiger partial charge in [-0.25, -0.2) is 13.8 Å². The summed E-state index contributed by atoms with van der Waals surface area (Å²) in [6.07, 6.45) is -0.656. The van der Waals surface area contributed by atoms with E-state index < -0.39 is 12.0 Å². The van der Waals surface area contributed by atoms with Crippen molar-refractivity contribution >= 4 is 29.0 Å². The molecule has 0 aliphatic carbocycles. The van der Waals surface area contributed by atoms with E-state index in [1.165, 1.54) is 18.1 Å². The second-order valence-electron chi connectivity index (χ2n) is 11.7. The molecule has 4 aromatic rings. The number of carbonyl (C=O) groups excluding carboxylic acids is 2. The third-order valence-corrected chi connectivity index (χ3v) is 9.15. The number of alkyl halides is 1. The number of carbonyl (C=O) groups is 2. The average molecular weight is 617 g/mol. The molecule has 45 heavy (non-hydrogen) atoms. The van der Waals surface area contributed by atoms with Crippen LogP contribution in [0.3, 0.4) is 0 Å². The van der Waals surface area contributed by atoms with Crippen molar-refractivity contribution in [3.8, 4) is 11.3 Å². The van der Waals surface area contributed by atoms with Gasteiger partial charge in [-0.2, -0.15) is 9.61 Å². The lowest BCUT2D eigenvalue weighted by Crippen LogP contribution is -2.41. The van der Waals surface area contributed by atoms with Crippen LogP contribution in [0.1, 0.15) is 47.2 Å². The largest absolute Gasteiger partial charge is 0.469 e. The fourth-order valence-electron chi connectivity index (χ4n) is 6.66. The standard InChI is InChI=1S/C33H34F2N6O4/c1-20-23-5-3-4-6-24(23)27(35)19-40(20)32(42)29-17-31(38-11-13-45-14-12-38)41-30(36-29)16-28(37-41)25-8-7-22(15-26(25)34)39-10-9-21(18-39)33(43)44-2/h3-8,15-17,20-21,27H,9-14,18-19H2,1-2H3/t20-,21+,27?/m1/s1. The zero-order valence-corrected chi connectivity index (χ0v) is 25.2. The van der Waals surface area contributed by atoms with Crippen molar-refractivity contribution in [3.63, 3.8) is 0 Å². The van der Waals surface area contributed by atoms with Crippen molar-refractivity contribution < 1.29 is 27.8 Å². The number of aromatic nitrogens is 3. The quantitative estimate of drug-likeness (QED) is 0.301. The molecule has 234 valence electrons. The summed E-state index contributed by atoms with van der Waals surface area (Å²) in [5.41, 5.74) is 3.25. The Kier molecular flexibility index (Phi) is 7.60. The molecule has 1 unspecified atom stereocenters. The van der Waals surface area contributed by atoms with Crippen molar-refractivity contribution in [2.24, 2.45) is 5.92 Å². The van der Waals surface area contributed by atoms with Crippen LogP contribution in [-0.2, 0) is 14.3 Å². The highest BCUT2D eigenvalue weighted by Crippen LogP contribution is 2.38. The summed E-state index contributed by atoms with van der Waals surface area (Å²) in [5, 5.41) is 4.73. The molecule has 0 radical (unpaired) electrons. The van der Waals surface area contributed by atoms with Crippen molar-refractivity contribution in [3.05, 3.63) is 77.2 Å². The number of benzene rings is 2. The molecule has 0 spiro atoms. The minimum absolute atomic E-state index is 0.0732. The monoisotopic (exact) mass is 616 g/mol. The maximum Gasteiger partial charge on any atom is 0.310 e. The van der Waals surface area contributed by atoms with Gasteiger partial charge < -0.3 is 24.2 Å². The number of morpholine rings is 1. The lowest BCUT2D eigenvalue weighted by molar-refractivity contribution is -0.144. The van der Waals surface area contributed by atoms with E-state index in [1.807, 2.05) is 30.0 Å². The Balaban J connectivity index is 1.23. The van der Waals surface area contributed by atoms with E-state index in [9.17, 15) is 9.59 Å². The van der Waals surface area contributed by atoms with Gasteiger partial charge in [0, 0.05) is 49.6 Å². The highest BCUT2D eigenvalue weighted by atomic mass is 19.1. The van der Waals surface area contributed by atoms with Crippen molar-refractivity contribution in [1.82, 2.24) is 19.5 Å². The Bertz CT molecular complexity index is 1770. The van der Waals surface area contributed by atoms with Gasteiger partial charge in [0.15, 0.2) is 5.65 Å². The van der Waals surface area contributed by atoms with E-state index in [2.05, 4.69) is 9.88 Å². The van der Waals surface area contributed by atoms with E-state index in [-0.39, 0.29) is 41.6 Å². The molecule has 3 aliphatic rings. The molecule has 0 saturated carbocycles. The van der Waals surface area contributed by atoms with E-state index in [0.29, 0.717) is 74.2 Å². The maximum atomic E-state index is 15.6. The first-order valence-electron chi connectivity index (χ1n) is 15.2. The number of ether oxygens (including phenoxy) is 2. The normalized spacial score (nSPS) is 21.7. The third kappa shape index (κ3) is 5.26. The molecule has 1 amide bonds. The summed E-state index contributed by atoms with van der Waals surface area (Å²) >= 11 is 0. The predicted octanol–water partition coefficient (Wildman–Crippen LogP) is 4.60. The first-order valence-corrected chi connectivity index (χ1v) is 15.2. The van der Waals surface area contributed by atoms with Crippen LogP contribution in [0, 0.1) is 11.7 Å². The SMILES string of the molecule is COC(=O)[C@H]1CCN(c2ccc(-c3cc4nc(C(=O)N5CC(F)c6ccccc6[C@H]5C)cc(N5CCOCC5)n4n3)c(F)c2)C1. The number of hydrogen-bond acceptors (Lipinski definition) is 8. The fraction of sp³-hybridized carbons (Fsp3) is 0.394. The van der Waals surface area contributed by atoms with E-state index in [0.717, 1.165) is 5.56 Å². The van der Waals surface area contributed by atoms with E-state index >= 15 is 8.78 Å². The first-order chi connectivity index (χ1) is 21.8. The molecule has 2 aromatic carbocycles. The van der Waals surface area contributed by atoms with Gasteiger partial charge in [0.25, 0.3) is 5.91 Å². The number of methoxy groups -OCH3 is 1. The van der Waals surface area contributed by atoms with Crippen LogP contribution in [0.5, 0.6) is 0 Å². The summed E-state index contributed by atoms with van der Waals surface area (Å²) in [6.45, 7) is 5.08. The number of amides is 1. The molecule has 3 aliphatic heterocycles. The van der Waals surface area contributed by atoms with Gasteiger partial charge in [0.1, 0.15) is 23.5 Å². The van der Waals surface area contributed by atoms with Crippen LogP contribution < -0.4 is 9.80 Å². The van der Waals surface area contributed by atoms with Crippen LogP contribution in [0.25, 0.3) is 16.9 Å². The third-order valence-electron chi connectivity index (χ3n) is 9.15. The topological polar surface area (TPSA) is 92.5 Å². The minimum Gasteiger partial charge on any atom is -0.469 e. The summed E-state index contributed by atoms with van der Waals surface area (Å²) in [6, 6.07) is 15.2. The van der Waals surface area contributed by atoms with Gasteiger partial charge in [0.2, 0.25) is 0 Å². The van der Waals surface area contributed by atoms with E-state index in [4.69, 9.17) is 14.6 Å².